The lowest BCUT2D eigenvalue weighted by Gasteiger charge is -2.31. The van der Waals surface area contributed by atoms with E-state index in [1.807, 2.05) is 11.9 Å². The molecule has 1 unspecified atom stereocenters. The van der Waals surface area contributed by atoms with Crippen LogP contribution in [-0.4, -0.2) is 71.4 Å². The molecule has 3 rings (SSSR count). The molecule has 1 aromatic rings. The third-order valence-corrected chi connectivity index (χ3v) is 6.16. The fraction of sp³-hybridized carbons (Fsp3) is 0.824. The smallest absolute Gasteiger partial charge is 0.236 e. The number of rotatable bonds is 6. The second-order valence-electron chi connectivity index (χ2n) is 7.04. The first kappa shape index (κ1) is 18.7. The van der Waals surface area contributed by atoms with Crippen molar-refractivity contribution in [1.29, 1.82) is 0 Å². The number of carbonyl (C=O) groups excluding carboxylic acids is 1. The van der Waals surface area contributed by atoms with Gasteiger partial charge in [0.05, 0.1) is 17.5 Å². The largest absolute Gasteiger partial charge is 0.342 e. The second kappa shape index (κ2) is 9.00. The number of hydrogen-bond acceptors (Lipinski definition) is 7. The van der Waals surface area contributed by atoms with Crippen LogP contribution < -0.4 is 5.32 Å². The summed E-state index contributed by atoms with van der Waals surface area (Å²) < 4.78 is 5.36. The molecule has 1 aromatic heterocycles. The summed E-state index contributed by atoms with van der Waals surface area (Å²) in [5, 5.41) is 7.48. The van der Waals surface area contributed by atoms with Crippen molar-refractivity contribution in [3.8, 4) is 0 Å². The Bertz CT molecular complexity index is 561. The summed E-state index contributed by atoms with van der Waals surface area (Å²) in [4.78, 5) is 21.0. The molecule has 2 fully saturated rings. The van der Waals surface area contributed by atoms with Gasteiger partial charge < -0.3 is 14.7 Å². The summed E-state index contributed by atoms with van der Waals surface area (Å²) >= 11 is 1.55. The molecule has 1 atom stereocenters. The second-order valence-corrected chi connectivity index (χ2v) is 8.02. The molecule has 0 bridgehead atoms. The van der Waals surface area contributed by atoms with E-state index in [1.54, 1.807) is 11.8 Å². The lowest BCUT2D eigenvalue weighted by Crippen LogP contribution is -2.44. The van der Waals surface area contributed by atoms with E-state index in [1.165, 1.54) is 19.3 Å². The first-order chi connectivity index (χ1) is 12.1. The zero-order valence-electron chi connectivity index (χ0n) is 15.2. The number of nitrogens with zero attached hydrogens (tertiary/aromatic N) is 4. The van der Waals surface area contributed by atoms with Crippen molar-refractivity contribution in [3.63, 3.8) is 0 Å². The van der Waals surface area contributed by atoms with E-state index in [0.29, 0.717) is 23.4 Å². The molecule has 2 heterocycles. The van der Waals surface area contributed by atoms with Gasteiger partial charge in [0.25, 0.3) is 0 Å². The number of amides is 1. The molecule has 1 saturated heterocycles. The fourth-order valence-corrected chi connectivity index (χ4v) is 4.33. The van der Waals surface area contributed by atoms with Gasteiger partial charge in [-0.25, -0.2) is 0 Å². The molecule has 0 aromatic carbocycles. The van der Waals surface area contributed by atoms with Crippen molar-refractivity contribution in [2.75, 3.05) is 39.5 Å². The highest BCUT2D eigenvalue weighted by Gasteiger charge is 2.25. The molecular weight excluding hydrogens is 338 g/mol. The minimum Gasteiger partial charge on any atom is -0.342 e. The number of likely N-dealkylation sites (N-methyl/N-ethyl adjacent to an activating group) is 1. The minimum atomic E-state index is 0.162. The molecule has 8 heteroatoms. The molecule has 2 aliphatic rings. The molecule has 7 nitrogen and oxygen atoms in total. The summed E-state index contributed by atoms with van der Waals surface area (Å²) in [7, 11) is 4.02. The maximum Gasteiger partial charge on any atom is 0.236 e. The Labute approximate surface area is 153 Å². The summed E-state index contributed by atoms with van der Waals surface area (Å²) in [6, 6.07) is 0.585. The van der Waals surface area contributed by atoms with Gasteiger partial charge in [0.1, 0.15) is 0 Å². The van der Waals surface area contributed by atoms with Crippen LogP contribution in [0.4, 0.5) is 0 Å². The third kappa shape index (κ3) is 4.95. The maximum absolute atomic E-state index is 12.4. The molecule has 1 amide bonds. The van der Waals surface area contributed by atoms with Crippen LogP contribution in [0.3, 0.4) is 0 Å². The molecule has 140 valence electrons. The van der Waals surface area contributed by atoms with Crippen molar-refractivity contribution in [3.05, 3.63) is 11.7 Å². The minimum absolute atomic E-state index is 0.162. The van der Waals surface area contributed by atoms with Crippen LogP contribution in [-0.2, 0) is 10.5 Å². The van der Waals surface area contributed by atoms with Gasteiger partial charge in [0.15, 0.2) is 5.82 Å². The molecule has 25 heavy (non-hydrogen) atoms. The van der Waals surface area contributed by atoms with E-state index < -0.39 is 0 Å². The van der Waals surface area contributed by atoms with Gasteiger partial charge in [-0.05, 0) is 19.9 Å². The monoisotopic (exact) mass is 367 g/mol. The van der Waals surface area contributed by atoms with Crippen LogP contribution >= 0.6 is 11.8 Å². The van der Waals surface area contributed by atoms with Crippen LogP contribution in [0.5, 0.6) is 0 Å². The summed E-state index contributed by atoms with van der Waals surface area (Å²) in [5.74, 6) is 2.59. The summed E-state index contributed by atoms with van der Waals surface area (Å²) in [6.07, 6.45) is 6.07. The Hall–Kier alpha value is -1.12. The van der Waals surface area contributed by atoms with E-state index in [2.05, 4.69) is 27.4 Å². The Morgan fingerprint density at radius 1 is 1.40 bits per heavy atom. The van der Waals surface area contributed by atoms with Gasteiger partial charge in [0, 0.05) is 32.7 Å². The first-order valence-corrected chi connectivity index (χ1v) is 10.4. The highest BCUT2D eigenvalue weighted by atomic mass is 32.2. The molecule has 1 saturated carbocycles. The van der Waals surface area contributed by atoms with Crippen molar-refractivity contribution in [1.82, 2.24) is 25.3 Å². The fourth-order valence-electron chi connectivity index (χ4n) is 3.56. The number of aromatic nitrogens is 2. The van der Waals surface area contributed by atoms with Crippen LogP contribution in [0, 0.1) is 0 Å². The Kier molecular flexibility index (Phi) is 6.72. The molecule has 1 aliphatic heterocycles. The normalized spacial score (nSPS) is 22.9. The predicted octanol–water partition coefficient (Wildman–Crippen LogP) is 1.67. The zero-order valence-corrected chi connectivity index (χ0v) is 16.1. The Balaban J connectivity index is 1.43. The number of nitrogens with one attached hydrogen (secondary N) is 1. The Morgan fingerprint density at radius 3 is 2.96 bits per heavy atom. The molecule has 0 spiro atoms. The van der Waals surface area contributed by atoms with E-state index >= 15 is 0 Å². The lowest BCUT2D eigenvalue weighted by molar-refractivity contribution is -0.129. The van der Waals surface area contributed by atoms with Gasteiger partial charge in [0.2, 0.25) is 11.8 Å². The van der Waals surface area contributed by atoms with Gasteiger partial charge >= 0.3 is 0 Å². The van der Waals surface area contributed by atoms with Gasteiger partial charge in [-0.3, -0.25) is 9.69 Å². The number of hydrogen-bond donors (Lipinski definition) is 1. The van der Waals surface area contributed by atoms with E-state index in [4.69, 9.17) is 4.52 Å². The number of thioether (sulfide) groups is 1. The van der Waals surface area contributed by atoms with E-state index in [-0.39, 0.29) is 11.9 Å². The van der Waals surface area contributed by atoms with Crippen molar-refractivity contribution < 1.29 is 9.32 Å². The van der Waals surface area contributed by atoms with Crippen molar-refractivity contribution in [2.45, 2.75) is 49.9 Å². The SMILES string of the molecule is CN1CCNCC1c1noc(CSCC(=O)N(C)C2CCCCC2)n1. The van der Waals surface area contributed by atoms with E-state index in [9.17, 15) is 4.79 Å². The highest BCUT2D eigenvalue weighted by molar-refractivity contribution is 7.99. The van der Waals surface area contributed by atoms with Gasteiger partial charge in [-0.15, -0.1) is 11.8 Å². The van der Waals surface area contributed by atoms with Gasteiger partial charge in [-0.2, -0.15) is 4.98 Å². The van der Waals surface area contributed by atoms with Crippen molar-refractivity contribution >= 4 is 17.7 Å². The van der Waals surface area contributed by atoms with Crippen molar-refractivity contribution in [2.24, 2.45) is 0 Å². The lowest BCUT2D eigenvalue weighted by atomic mass is 9.94. The van der Waals surface area contributed by atoms with Crippen LogP contribution in [0.1, 0.15) is 49.9 Å². The average Bonchev–Trinajstić information content (AvgIpc) is 3.10. The number of carbonyl (C=O) groups is 1. The predicted molar refractivity (Wildman–Crippen MR) is 98.3 cm³/mol. The molecule has 0 radical (unpaired) electrons. The van der Waals surface area contributed by atoms with E-state index in [0.717, 1.165) is 38.3 Å². The molecule has 1 N–H and O–H groups in total. The van der Waals surface area contributed by atoms with Crippen LogP contribution in [0.25, 0.3) is 0 Å². The quantitative estimate of drug-likeness (QED) is 0.820. The number of piperazine rings is 1. The third-order valence-electron chi connectivity index (χ3n) is 5.26. The van der Waals surface area contributed by atoms with Gasteiger partial charge in [-0.1, -0.05) is 24.4 Å². The van der Waals surface area contributed by atoms with Crippen LogP contribution in [0.2, 0.25) is 0 Å². The summed E-state index contributed by atoms with van der Waals surface area (Å²) in [5.41, 5.74) is 0. The highest BCUT2D eigenvalue weighted by Crippen LogP contribution is 2.23. The standard InChI is InChI=1S/C17H29N5O2S/c1-21-9-8-18-10-14(21)17-19-15(24-20-17)11-25-12-16(23)22(2)13-6-4-3-5-7-13/h13-14,18H,3-12H2,1-2H3. The maximum atomic E-state index is 12.4. The van der Waals surface area contributed by atoms with Crippen LogP contribution in [0.15, 0.2) is 4.52 Å². The topological polar surface area (TPSA) is 74.5 Å². The average molecular weight is 368 g/mol. The molecular formula is C17H29N5O2S. The zero-order chi connectivity index (χ0) is 17.6. The first-order valence-electron chi connectivity index (χ1n) is 9.22. The Morgan fingerprint density at radius 2 is 2.20 bits per heavy atom. The summed E-state index contributed by atoms with van der Waals surface area (Å²) in [6.45, 7) is 2.81. The molecule has 1 aliphatic carbocycles.